The minimum absolute atomic E-state index is 0.0278. The Balaban J connectivity index is 1.90. The molecule has 2 amide bonds. The highest BCUT2D eigenvalue weighted by atomic mass is 28.4. The number of amides is 2. The second-order valence-corrected chi connectivity index (χ2v) is 15.0. The van der Waals surface area contributed by atoms with Crippen molar-refractivity contribution in [2.75, 3.05) is 19.8 Å². The second kappa shape index (κ2) is 10.9. The summed E-state index contributed by atoms with van der Waals surface area (Å²) < 4.78 is 17.1. The van der Waals surface area contributed by atoms with Gasteiger partial charge >= 0.3 is 6.09 Å². The van der Waals surface area contributed by atoms with Crippen LogP contribution in [-0.4, -0.2) is 64.1 Å². The van der Waals surface area contributed by atoms with Crippen LogP contribution < -0.4 is 10.6 Å². The lowest BCUT2D eigenvalue weighted by Gasteiger charge is -2.48. The van der Waals surface area contributed by atoms with Gasteiger partial charge in [0.05, 0.1) is 24.7 Å². The van der Waals surface area contributed by atoms with Crippen molar-refractivity contribution in [2.45, 2.75) is 83.3 Å². The van der Waals surface area contributed by atoms with Gasteiger partial charge in [-0.15, -0.1) is 0 Å². The van der Waals surface area contributed by atoms with E-state index in [1.807, 2.05) is 6.92 Å². The smallest absolute Gasteiger partial charge is 0.407 e. The van der Waals surface area contributed by atoms with Crippen LogP contribution in [0.5, 0.6) is 0 Å². The number of hydrogen-bond acceptors (Lipinski definition) is 6. The zero-order chi connectivity index (χ0) is 24.1. The van der Waals surface area contributed by atoms with Gasteiger partial charge in [-0.1, -0.05) is 33.4 Å². The fourth-order valence-corrected chi connectivity index (χ4v) is 5.53. The Hall–Kier alpha value is -1.71. The van der Waals surface area contributed by atoms with E-state index >= 15 is 0 Å². The third kappa shape index (κ3) is 6.42. The summed E-state index contributed by atoms with van der Waals surface area (Å²) in [6.45, 7) is 16.9. The Bertz CT molecular complexity index is 705. The first-order chi connectivity index (χ1) is 14.9. The van der Waals surface area contributed by atoms with E-state index in [2.05, 4.69) is 51.1 Å². The lowest BCUT2D eigenvalue weighted by molar-refractivity contribution is -0.150. The molecule has 1 saturated heterocycles. The highest BCUT2D eigenvalue weighted by Gasteiger charge is 2.52. The molecule has 2 aliphatic rings. The van der Waals surface area contributed by atoms with Gasteiger partial charge in [-0.25, -0.2) is 4.79 Å². The average Bonchev–Trinajstić information content (AvgIpc) is 2.67. The van der Waals surface area contributed by atoms with Crippen molar-refractivity contribution < 1.29 is 28.3 Å². The SMILES string of the molecule is C=CCOC(=O)NCCO[C@@H]1CCC[C@H]([C@H]2NC(=O)[C@@H]2[C@@H](C)O[Si](C)(C)C(C)(C)C)C1=O. The van der Waals surface area contributed by atoms with Crippen molar-refractivity contribution in [1.29, 1.82) is 0 Å². The quantitative estimate of drug-likeness (QED) is 0.221. The number of Topliss-reactive ketones (excluding diaryl/α,β-unsaturated/α-hetero) is 1. The molecule has 182 valence electrons. The number of carbonyl (C=O) groups excluding carboxylic acids is 3. The molecular weight excluding hydrogens is 428 g/mol. The van der Waals surface area contributed by atoms with Crippen molar-refractivity contribution in [3.8, 4) is 0 Å². The van der Waals surface area contributed by atoms with Gasteiger partial charge in [-0.3, -0.25) is 9.59 Å². The van der Waals surface area contributed by atoms with Crippen LogP contribution in [0.15, 0.2) is 12.7 Å². The van der Waals surface area contributed by atoms with Crippen LogP contribution in [-0.2, 0) is 23.5 Å². The Kier molecular flexibility index (Phi) is 9.07. The number of hydrogen-bond donors (Lipinski definition) is 2. The number of ether oxygens (including phenoxy) is 2. The maximum Gasteiger partial charge on any atom is 0.407 e. The number of nitrogens with one attached hydrogen (secondary N) is 2. The van der Waals surface area contributed by atoms with Gasteiger partial charge in [0.25, 0.3) is 0 Å². The van der Waals surface area contributed by atoms with Crippen LogP contribution in [0.4, 0.5) is 4.79 Å². The van der Waals surface area contributed by atoms with Crippen LogP contribution in [0, 0.1) is 11.8 Å². The van der Waals surface area contributed by atoms with E-state index in [1.165, 1.54) is 6.08 Å². The maximum atomic E-state index is 13.1. The molecule has 1 aliphatic carbocycles. The van der Waals surface area contributed by atoms with E-state index in [-0.39, 0.29) is 60.5 Å². The summed E-state index contributed by atoms with van der Waals surface area (Å²) in [4.78, 5) is 37.0. The summed E-state index contributed by atoms with van der Waals surface area (Å²) in [5.41, 5.74) is 0. The largest absolute Gasteiger partial charge is 0.445 e. The number of alkyl carbamates (subject to hydrolysis) is 1. The summed E-state index contributed by atoms with van der Waals surface area (Å²) in [6.07, 6.45) is 2.42. The van der Waals surface area contributed by atoms with Gasteiger partial charge in [-0.05, 0) is 44.3 Å². The monoisotopic (exact) mass is 468 g/mol. The van der Waals surface area contributed by atoms with Gasteiger partial charge in [-0.2, -0.15) is 0 Å². The Morgan fingerprint density at radius 1 is 1.31 bits per heavy atom. The van der Waals surface area contributed by atoms with Crippen molar-refractivity contribution in [3.05, 3.63) is 12.7 Å². The molecule has 0 bridgehead atoms. The summed E-state index contributed by atoms with van der Waals surface area (Å²) in [5.74, 6) is -0.607. The predicted molar refractivity (Wildman–Crippen MR) is 125 cm³/mol. The molecule has 0 radical (unpaired) electrons. The fourth-order valence-electron chi connectivity index (χ4n) is 4.10. The molecule has 5 atom stereocenters. The number of β-lactam (4-membered cyclic amide) rings is 1. The normalized spacial score (nSPS) is 27.2. The topological polar surface area (TPSA) is 103 Å². The molecule has 9 heteroatoms. The van der Waals surface area contributed by atoms with E-state index in [9.17, 15) is 14.4 Å². The van der Waals surface area contributed by atoms with E-state index in [0.29, 0.717) is 6.42 Å². The number of carbonyl (C=O) groups is 3. The van der Waals surface area contributed by atoms with Crippen LogP contribution >= 0.6 is 0 Å². The molecule has 0 aromatic rings. The summed E-state index contributed by atoms with van der Waals surface area (Å²) in [6, 6.07) is -0.215. The highest BCUT2D eigenvalue weighted by Crippen LogP contribution is 2.40. The molecule has 0 aromatic heterocycles. The molecule has 2 rings (SSSR count). The van der Waals surface area contributed by atoms with Gasteiger partial charge < -0.3 is 24.5 Å². The Morgan fingerprint density at radius 3 is 2.59 bits per heavy atom. The molecule has 0 aromatic carbocycles. The first kappa shape index (κ1) is 26.5. The van der Waals surface area contributed by atoms with Gasteiger partial charge in [0.1, 0.15) is 12.7 Å². The van der Waals surface area contributed by atoms with Crippen LogP contribution in [0.1, 0.15) is 47.0 Å². The average molecular weight is 469 g/mol. The summed E-state index contributed by atoms with van der Waals surface area (Å²) in [5, 5.41) is 5.58. The molecule has 2 fully saturated rings. The number of rotatable bonds is 10. The van der Waals surface area contributed by atoms with Crippen molar-refractivity contribution >= 4 is 26.1 Å². The lowest BCUT2D eigenvalue weighted by Crippen LogP contribution is -2.68. The fraction of sp³-hybridized carbons (Fsp3) is 0.783. The van der Waals surface area contributed by atoms with Crippen molar-refractivity contribution in [1.82, 2.24) is 10.6 Å². The molecule has 0 spiro atoms. The standard InChI is InChI=1S/C23H40N2O6Si/c1-8-13-30-22(28)24-12-14-29-17-11-9-10-16(20(17)26)19-18(21(27)25-19)15(2)31-32(6,7)23(3,4)5/h8,15-19H,1,9-14H2,2-7H3,(H,24,28)(H,25,27)/t15-,16-,17-,18-,19-/m1/s1. The predicted octanol–water partition coefficient (Wildman–Crippen LogP) is 3.18. The molecule has 1 heterocycles. The molecule has 8 nitrogen and oxygen atoms in total. The van der Waals surface area contributed by atoms with E-state index in [0.717, 1.165) is 12.8 Å². The van der Waals surface area contributed by atoms with Crippen LogP contribution in [0.3, 0.4) is 0 Å². The van der Waals surface area contributed by atoms with Crippen molar-refractivity contribution in [2.24, 2.45) is 11.8 Å². The first-order valence-electron chi connectivity index (χ1n) is 11.5. The third-order valence-electron chi connectivity index (χ3n) is 6.91. The van der Waals surface area contributed by atoms with E-state index in [4.69, 9.17) is 13.9 Å². The van der Waals surface area contributed by atoms with Crippen LogP contribution in [0.2, 0.25) is 18.1 Å². The first-order valence-corrected chi connectivity index (χ1v) is 14.4. The highest BCUT2D eigenvalue weighted by molar-refractivity contribution is 6.74. The van der Waals surface area contributed by atoms with Gasteiger partial charge in [0, 0.05) is 12.5 Å². The third-order valence-corrected chi connectivity index (χ3v) is 11.5. The molecule has 32 heavy (non-hydrogen) atoms. The Labute approximate surface area is 192 Å². The van der Waals surface area contributed by atoms with Gasteiger partial charge in [0.15, 0.2) is 14.1 Å². The lowest BCUT2D eigenvalue weighted by atomic mass is 9.71. The van der Waals surface area contributed by atoms with E-state index in [1.54, 1.807) is 0 Å². The summed E-state index contributed by atoms with van der Waals surface area (Å²) >= 11 is 0. The molecule has 1 saturated carbocycles. The van der Waals surface area contributed by atoms with Crippen molar-refractivity contribution in [3.63, 3.8) is 0 Å². The minimum Gasteiger partial charge on any atom is -0.445 e. The van der Waals surface area contributed by atoms with Gasteiger partial charge in [0.2, 0.25) is 5.91 Å². The van der Waals surface area contributed by atoms with E-state index < -0.39 is 20.5 Å². The zero-order valence-corrected chi connectivity index (χ0v) is 21.4. The maximum absolute atomic E-state index is 13.1. The summed E-state index contributed by atoms with van der Waals surface area (Å²) in [7, 11) is -2.03. The zero-order valence-electron chi connectivity index (χ0n) is 20.4. The molecule has 0 unspecified atom stereocenters. The molecule has 1 aliphatic heterocycles. The minimum atomic E-state index is -2.03. The molecule has 2 N–H and O–H groups in total. The second-order valence-electron chi connectivity index (χ2n) is 10.3. The molecular formula is C23H40N2O6Si. The number of ketones is 1. The van der Waals surface area contributed by atoms with Crippen LogP contribution in [0.25, 0.3) is 0 Å². The Morgan fingerprint density at radius 2 is 2.00 bits per heavy atom.